The molecule has 2 heteroatoms. The second-order valence-electron chi connectivity index (χ2n) is 15.3. The Morgan fingerprint density at radius 1 is 0.250 bits per heavy atom. The van der Waals surface area contributed by atoms with E-state index in [1.165, 1.54) is 38.6 Å². The summed E-state index contributed by atoms with van der Waals surface area (Å²) in [6, 6.07) is 84.6. The lowest BCUT2D eigenvalue weighted by Gasteiger charge is -2.26. The van der Waals surface area contributed by atoms with Gasteiger partial charge in [0.25, 0.3) is 0 Å². The second kappa shape index (κ2) is 15.1. The minimum atomic E-state index is 0.902. The maximum Gasteiger partial charge on any atom is 0.143 e. The van der Waals surface area contributed by atoms with Gasteiger partial charge in [-0.1, -0.05) is 194 Å². The van der Waals surface area contributed by atoms with Gasteiger partial charge in [0, 0.05) is 39.0 Å². The van der Waals surface area contributed by atoms with E-state index in [2.05, 4.69) is 235 Å². The van der Waals surface area contributed by atoms with Crippen molar-refractivity contribution in [3.05, 3.63) is 237 Å². The summed E-state index contributed by atoms with van der Waals surface area (Å²) in [5.41, 5.74) is 16.7. The molecular formula is C58H39NO. The molecular weight excluding hydrogens is 727 g/mol. The van der Waals surface area contributed by atoms with E-state index >= 15 is 0 Å². The molecule has 0 radical (unpaired) electrons. The zero-order chi connectivity index (χ0) is 39.8. The summed E-state index contributed by atoms with van der Waals surface area (Å²) in [4.78, 5) is 2.32. The van der Waals surface area contributed by atoms with Crippen LogP contribution in [0, 0.1) is 0 Å². The van der Waals surface area contributed by atoms with Crippen LogP contribution in [0.4, 0.5) is 17.1 Å². The molecule has 0 aliphatic rings. The molecule has 282 valence electrons. The maximum absolute atomic E-state index is 6.76. The smallest absolute Gasteiger partial charge is 0.143 e. The van der Waals surface area contributed by atoms with Crippen LogP contribution in [-0.4, -0.2) is 0 Å². The van der Waals surface area contributed by atoms with Crippen LogP contribution in [0.3, 0.4) is 0 Å². The van der Waals surface area contributed by atoms with E-state index < -0.39 is 0 Å². The molecule has 11 rings (SSSR count). The van der Waals surface area contributed by atoms with Crippen LogP contribution in [0.2, 0.25) is 0 Å². The Kier molecular flexibility index (Phi) is 8.87. The lowest BCUT2D eigenvalue weighted by molar-refractivity contribution is 0.671. The van der Waals surface area contributed by atoms with Crippen molar-refractivity contribution in [1.29, 1.82) is 0 Å². The van der Waals surface area contributed by atoms with Gasteiger partial charge < -0.3 is 9.32 Å². The van der Waals surface area contributed by atoms with E-state index in [-0.39, 0.29) is 0 Å². The van der Waals surface area contributed by atoms with Crippen LogP contribution in [-0.2, 0) is 0 Å². The Labute approximate surface area is 349 Å². The van der Waals surface area contributed by atoms with Crippen LogP contribution in [0.25, 0.3) is 88.3 Å². The van der Waals surface area contributed by atoms with Crippen molar-refractivity contribution in [3.63, 3.8) is 0 Å². The third-order valence-corrected chi connectivity index (χ3v) is 11.7. The number of para-hydroxylation sites is 3. The number of hydrogen-bond acceptors (Lipinski definition) is 2. The molecule has 0 saturated heterocycles. The molecule has 0 atom stereocenters. The van der Waals surface area contributed by atoms with E-state index in [9.17, 15) is 0 Å². The summed E-state index contributed by atoms with van der Waals surface area (Å²) in [6.07, 6.45) is 0. The number of benzene rings is 10. The molecule has 0 N–H and O–H groups in total. The first-order valence-electron chi connectivity index (χ1n) is 20.5. The average molecular weight is 766 g/mol. The van der Waals surface area contributed by atoms with Gasteiger partial charge in [0.05, 0.1) is 0 Å². The normalized spacial score (nSPS) is 11.3. The summed E-state index contributed by atoms with van der Waals surface area (Å²) in [5, 5.41) is 4.73. The van der Waals surface area contributed by atoms with Crippen molar-refractivity contribution in [2.45, 2.75) is 0 Å². The molecule has 1 heterocycles. The van der Waals surface area contributed by atoms with E-state index in [0.29, 0.717) is 0 Å². The van der Waals surface area contributed by atoms with Gasteiger partial charge in [-0.2, -0.15) is 0 Å². The van der Waals surface area contributed by atoms with Gasteiger partial charge >= 0.3 is 0 Å². The molecule has 0 fully saturated rings. The molecule has 0 spiro atoms. The minimum absolute atomic E-state index is 0.902. The number of fused-ring (bicyclic) bond motifs is 4. The molecule has 0 aliphatic carbocycles. The molecule has 2 nitrogen and oxygen atoms in total. The lowest BCUT2D eigenvalue weighted by atomic mass is 9.89. The highest BCUT2D eigenvalue weighted by Crippen LogP contribution is 2.43. The van der Waals surface area contributed by atoms with Crippen molar-refractivity contribution < 1.29 is 4.42 Å². The number of nitrogens with zero attached hydrogens (tertiary/aromatic N) is 1. The van der Waals surface area contributed by atoms with E-state index in [0.717, 1.165) is 66.8 Å². The van der Waals surface area contributed by atoms with Crippen LogP contribution in [0.5, 0.6) is 0 Å². The van der Waals surface area contributed by atoms with Gasteiger partial charge in [-0.3, -0.25) is 0 Å². The molecule has 11 aromatic rings. The molecule has 10 aromatic carbocycles. The van der Waals surface area contributed by atoms with E-state index in [4.69, 9.17) is 4.42 Å². The number of hydrogen-bond donors (Lipinski definition) is 0. The van der Waals surface area contributed by atoms with Crippen molar-refractivity contribution in [2.24, 2.45) is 0 Å². The zero-order valence-corrected chi connectivity index (χ0v) is 32.9. The first-order valence-corrected chi connectivity index (χ1v) is 20.5. The fourth-order valence-corrected chi connectivity index (χ4v) is 8.79. The lowest BCUT2D eigenvalue weighted by Crippen LogP contribution is -2.09. The van der Waals surface area contributed by atoms with Crippen LogP contribution in [0.1, 0.15) is 0 Å². The molecule has 0 saturated carbocycles. The van der Waals surface area contributed by atoms with E-state index in [1.807, 2.05) is 6.07 Å². The molecule has 60 heavy (non-hydrogen) atoms. The van der Waals surface area contributed by atoms with Crippen molar-refractivity contribution >= 4 is 49.8 Å². The second-order valence-corrected chi connectivity index (χ2v) is 15.3. The van der Waals surface area contributed by atoms with Crippen LogP contribution in [0.15, 0.2) is 241 Å². The van der Waals surface area contributed by atoms with Gasteiger partial charge in [0.2, 0.25) is 0 Å². The fraction of sp³-hybridized carbons (Fsp3) is 0. The summed E-state index contributed by atoms with van der Waals surface area (Å²) >= 11 is 0. The molecule has 0 amide bonds. The number of rotatable bonds is 8. The average Bonchev–Trinajstić information content (AvgIpc) is 3.72. The van der Waals surface area contributed by atoms with Crippen LogP contribution >= 0.6 is 0 Å². The van der Waals surface area contributed by atoms with Crippen molar-refractivity contribution in [2.75, 3.05) is 4.90 Å². The Morgan fingerprint density at radius 2 is 0.683 bits per heavy atom. The van der Waals surface area contributed by atoms with Gasteiger partial charge in [0.15, 0.2) is 0 Å². The molecule has 1 aromatic heterocycles. The summed E-state index contributed by atoms with van der Waals surface area (Å²) in [5.74, 6) is 0. The first kappa shape index (κ1) is 35.2. The third-order valence-electron chi connectivity index (χ3n) is 11.7. The predicted molar refractivity (Wildman–Crippen MR) is 253 cm³/mol. The van der Waals surface area contributed by atoms with Gasteiger partial charge in [-0.25, -0.2) is 0 Å². The summed E-state index contributed by atoms with van der Waals surface area (Å²) in [6.45, 7) is 0. The SMILES string of the molecule is c1ccc(-c2ccc(-c3ccc(N(c4ccccc4)c4ccc(-c5cccc6c5oc5c(-c7ccccc7)cccc56)cc4)cc3)cc2-c2cccc3ccccc23)cc1. The predicted octanol–water partition coefficient (Wildman–Crippen LogP) is 16.5. The van der Waals surface area contributed by atoms with Gasteiger partial charge in [0.1, 0.15) is 11.2 Å². The number of furan rings is 1. The van der Waals surface area contributed by atoms with Crippen molar-refractivity contribution in [3.8, 4) is 55.6 Å². The zero-order valence-electron chi connectivity index (χ0n) is 32.9. The molecule has 0 aliphatic heterocycles. The molecule has 0 unspecified atom stereocenters. The standard InChI is InChI=1S/C58H39NO/c1-4-15-41(16-5-1)50-38-33-45(39-56(50)53-26-12-20-42-19-10-11-23-49(42)53)40-29-34-47(35-30-40)59(46-21-8-3-9-22-46)48-36-31-44(32-37-48)52-25-14-28-55-54-27-13-24-51(57(54)60-58(52)55)43-17-6-2-7-18-43/h1-39H. The Hall–Kier alpha value is -7.94. The summed E-state index contributed by atoms with van der Waals surface area (Å²) in [7, 11) is 0. The highest BCUT2D eigenvalue weighted by atomic mass is 16.3. The quantitative estimate of drug-likeness (QED) is 0.153. The van der Waals surface area contributed by atoms with Crippen LogP contribution < -0.4 is 4.90 Å². The summed E-state index contributed by atoms with van der Waals surface area (Å²) < 4.78 is 6.76. The number of anilines is 3. The highest BCUT2D eigenvalue weighted by molar-refractivity contribution is 6.13. The minimum Gasteiger partial charge on any atom is -0.455 e. The first-order chi connectivity index (χ1) is 29.8. The Morgan fingerprint density at radius 3 is 1.32 bits per heavy atom. The maximum atomic E-state index is 6.76. The Balaban J connectivity index is 0.961. The Bertz CT molecular complexity index is 3270. The largest absolute Gasteiger partial charge is 0.455 e. The fourth-order valence-electron chi connectivity index (χ4n) is 8.79. The van der Waals surface area contributed by atoms with E-state index in [1.54, 1.807) is 0 Å². The monoisotopic (exact) mass is 765 g/mol. The van der Waals surface area contributed by atoms with Crippen molar-refractivity contribution in [1.82, 2.24) is 0 Å². The topological polar surface area (TPSA) is 16.4 Å². The van der Waals surface area contributed by atoms with Gasteiger partial charge in [-0.05, 0) is 97.7 Å². The molecule has 0 bridgehead atoms. The third kappa shape index (κ3) is 6.32. The highest BCUT2D eigenvalue weighted by Gasteiger charge is 2.18. The van der Waals surface area contributed by atoms with Gasteiger partial charge in [-0.15, -0.1) is 0 Å².